The SMILES string of the molecule is COc1cccc(NC(=O)Nc2cnn(CC(O)CN(C)OC)c2)c1. The maximum atomic E-state index is 12.0. The number of aliphatic hydroxyl groups is 1. The second kappa shape index (κ2) is 9.02. The first-order chi connectivity index (χ1) is 12.0. The van der Waals surface area contributed by atoms with Gasteiger partial charge in [0.1, 0.15) is 5.75 Å². The zero-order chi connectivity index (χ0) is 18.2. The average Bonchev–Trinajstić information content (AvgIpc) is 3.01. The first-order valence-corrected chi connectivity index (χ1v) is 7.68. The Balaban J connectivity index is 1.86. The highest BCUT2D eigenvalue weighted by Gasteiger charge is 2.11. The Bertz CT molecular complexity index is 691. The molecule has 0 saturated heterocycles. The molecule has 1 aromatic heterocycles. The Morgan fingerprint density at radius 3 is 2.84 bits per heavy atom. The summed E-state index contributed by atoms with van der Waals surface area (Å²) in [4.78, 5) is 17.0. The van der Waals surface area contributed by atoms with Crippen LogP contribution in [-0.2, 0) is 11.4 Å². The van der Waals surface area contributed by atoms with Crippen LogP contribution >= 0.6 is 0 Å². The van der Waals surface area contributed by atoms with E-state index in [1.165, 1.54) is 18.4 Å². The van der Waals surface area contributed by atoms with Crippen LogP contribution in [0.4, 0.5) is 16.2 Å². The number of hydrogen-bond acceptors (Lipinski definition) is 6. The molecule has 25 heavy (non-hydrogen) atoms. The van der Waals surface area contributed by atoms with E-state index in [9.17, 15) is 9.90 Å². The van der Waals surface area contributed by atoms with Crippen molar-refractivity contribution in [2.45, 2.75) is 12.6 Å². The number of benzene rings is 1. The number of nitrogens with zero attached hydrogens (tertiary/aromatic N) is 3. The van der Waals surface area contributed by atoms with Crippen LogP contribution in [0, 0.1) is 0 Å². The Kier molecular flexibility index (Phi) is 6.75. The number of likely N-dealkylation sites (N-methyl/N-ethyl adjacent to an activating group) is 1. The summed E-state index contributed by atoms with van der Waals surface area (Å²) < 4.78 is 6.66. The molecule has 2 rings (SSSR count). The number of aromatic nitrogens is 2. The summed E-state index contributed by atoms with van der Waals surface area (Å²) in [6.45, 7) is 0.627. The summed E-state index contributed by atoms with van der Waals surface area (Å²) in [5, 5.41) is 21.0. The summed E-state index contributed by atoms with van der Waals surface area (Å²) in [7, 11) is 4.82. The van der Waals surface area contributed by atoms with Gasteiger partial charge in [-0.25, -0.2) is 4.79 Å². The third-order valence-electron chi connectivity index (χ3n) is 3.40. The summed E-state index contributed by atoms with van der Waals surface area (Å²) >= 11 is 0. The fourth-order valence-electron chi connectivity index (χ4n) is 2.17. The fourth-order valence-corrected chi connectivity index (χ4v) is 2.17. The molecule has 0 bridgehead atoms. The number of hydrogen-bond donors (Lipinski definition) is 3. The molecule has 9 heteroatoms. The second-order valence-corrected chi connectivity index (χ2v) is 5.41. The zero-order valence-corrected chi connectivity index (χ0v) is 14.5. The van der Waals surface area contributed by atoms with Crippen LogP contribution < -0.4 is 15.4 Å². The van der Waals surface area contributed by atoms with Crippen molar-refractivity contribution < 1.29 is 19.5 Å². The molecule has 136 valence electrons. The number of amides is 2. The number of nitrogens with one attached hydrogen (secondary N) is 2. The lowest BCUT2D eigenvalue weighted by molar-refractivity contribution is -0.129. The summed E-state index contributed by atoms with van der Waals surface area (Å²) in [6, 6.07) is 6.65. The van der Waals surface area contributed by atoms with Crippen LogP contribution in [-0.4, -0.2) is 59.9 Å². The molecule has 1 atom stereocenters. The summed E-state index contributed by atoms with van der Waals surface area (Å²) in [6.07, 6.45) is 2.50. The Hall–Kier alpha value is -2.62. The third kappa shape index (κ3) is 6.07. The average molecular weight is 349 g/mol. The predicted octanol–water partition coefficient (Wildman–Crippen LogP) is 1.39. The van der Waals surface area contributed by atoms with Gasteiger partial charge in [-0.15, -0.1) is 0 Å². The van der Waals surface area contributed by atoms with Crippen molar-refractivity contribution in [2.75, 3.05) is 38.4 Å². The van der Waals surface area contributed by atoms with Gasteiger partial charge in [-0.3, -0.25) is 4.68 Å². The third-order valence-corrected chi connectivity index (χ3v) is 3.40. The van der Waals surface area contributed by atoms with Crippen molar-refractivity contribution in [1.82, 2.24) is 14.8 Å². The van der Waals surface area contributed by atoms with Gasteiger partial charge in [-0.2, -0.15) is 10.2 Å². The molecule has 0 spiro atoms. The lowest BCUT2D eigenvalue weighted by Crippen LogP contribution is -2.31. The van der Waals surface area contributed by atoms with Crippen molar-refractivity contribution in [1.29, 1.82) is 0 Å². The molecule has 3 N–H and O–H groups in total. The monoisotopic (exact) mass is 349 g/mol. The van der Waals surface area contributed by atoms with Gasteiger partial charge >= 0.3 is 6.03 Å². The van der Waals surface area contributed by atoms with Crippen LogP contribution in [0.15, 0.2) is 36.7 Å². The van der Waals surface area contributed by atoms with E-state index in [0.29, 0.717) is 23.7 Å². The maximum absolute atomic E-state index is 12.0. The molecule has 2 amide bonds. The molecule has 1 unspecified atom stereocenters. The lowest BCUT2D eigenvalue weighted by Gasteiger charge is -2.17. The number of methoxy groups -OCH3 is 1. The smallest absolute Gasteiger partial charge is 0.323 e. The first kappa shape index (κ1) is 18.7. The van der Waals surface area contributed by atoms with Crippen molar-refractivity contribution in [3.05, 3.63) is 36.7 Å². The van der Waals surface area contributed by atoms with Gasteiger partial charge in [0.15, 0.2) is 0 Å². The molecule has 0 fully saturated rings. The van der Waals surface area contributed by atoms with Crippen LogP contribution in [0.2, 0.25) is 0 Å². The van der Waals surface area contributed by atoms with Crippen LogP contribution in [0.1, 0.15) is 0 Å². The number of anilines is 2. The molecule has 1 aromatic carbocycles. The molecule has 0 radical (unpaired) electrons. The van der Waals surface area contributed by atoms with Gasteiger partial charge in [-0.05, 0) is 12.1 Å². The first-order valence-electron chi connectivity index (χ1n) is 7.68. The largest absolute Gasteiger partial charge is 0.497 e. The molecule has 0 saturated carbocycles. The predicted molar refractivity (Wildman–Crippen MR) is 93.5 cm³/mol. The Labute approximate surface area is 146 Å². The lowest BCUT2D eigenvalue weighted by atomic mass is 10.3. The number of ether oxygens (including phenoxy) is 1. The minimum atomic E-state index is -0.650. The van der Waals surface area contributed by atoms with Gasteiger partial charge in [0.25, 0.3) is 0 Å². The van der Waals surface area contributed by atoms with E-state index in [0.717, 1.165) is 0 Å². The highest BCUT2D eigenvalue weighted by Crippen LogP contribution is 2.17. The van der Waals surface area contributed by atoms with Gasteiger partial charge in [0.05, 0.1) is 45.3 Å². The van der Waals surface area contributed by atoms with E-state index in [-0.39, 0.29) is 6.54 Å². The minimum Gasteiger partial charge on any atom is -0.497 e. The molecule has 1 heterocycles. The van der Waals surface area contributed by atoms with Gasteiger partial charge < -0.3 is 25.3 Å². The van der Waals surface area contributed by atoms with E-state index in [2.05, 4.69) is 15.7 Å². The normalized spacial score (nSPS) is 12.0. The number of rotatable bonds is 8. The number of urea groups is 1. The van der Waals surface area contributed by atoms with E-state index < -0.39 is 12.1 Å². The topological polar surface area (TPSA) is 101 Å². The van der Waals surface area contributed by atoms with Crippen molar-refractivity contribution in [3.63, 3.8) is 0 Å². The highest BCUT2D eigenvalue weighted by atomic mass is 16.7. The standard InChI is InChI=1S/C16H23N5O4/c1-20(25-3)10-14(22)11-21-9-13(8-17-21)19-16(23)18-12-5-4-6-15(7-12)24-2/h4-9,14,22H,10-11H2,1-3H3,(H2,18,19,23). The van der Waals surface area contributed by atoms with E-state index >= 15 is 0 Å². The van der Waals surface area contributed by atoms with Crippen LogP contribution in [0.25, 0.3) is 0 Å². The molecular formula is C16H23N5O4. The molecule has 9 nitrogen and oxygen atoms in total. The maximum Gasteiger partial charge on any atom is 0.323 e. The van der Waals surface area contributed by atoms with Crippen LogP contribution in [0.3, 0.4) is 0 Å². The second-order valence-electron chi connectivity index (χ2n) is 5.41. The van der Waals surface area contributed by atoms with Crippen LogP contribution in [0.5, 0.6) is 5.75 Å². The number of carbonyl (C=O) groups is 1. The Morgan fingerprint density at radius 1 is 1.36 bits per heavy atom. The summed E-state index contributed by atoms with van der Waals surface area (Å²) in [5.41, 5.74) is 1.13. The van der Waals surface area contributed by atoms with Gasteiger partial charge in [-0.1, -0.05) is 6.07 Å². The van der Waals surface area contributed by atoms with Crippen molar-refractivity contribution in [3.8, 4) is 5.75 Å². The molecule has 0 aliphatic heterocycles. The van der Waals surface area contributed by atoms with Crippen molar-refractivity contribution in [2.24, 2.45) is 0 Å². The number of aliphatic hydroxyl groups excluding tert-OH is 1. The van der Waals surface area contributed by atoms with Gasteiger partial charge in [0, 0.05) is 25.0 Å². The summed E-state index contributed by atoms with van der Waals surface area (Å²) in [5.74, 6) is 0.653. The quantitative estimate of drug-likeness (QED) is 0.623. The highest BCUT2D eigenvalue weighted by molar-refractivity contribution is 5.99. The zero-order valence-electron chi connectivity index (χ0n) is 14.5. The van der Waals surface area contributed by atoms with Crippen molar-refractivity contribution >= 4 is 17.4 Å². The molecular weight excluding hydrogens is 326 g/mol. The Morgan fingerprint density at radius 2 is 2.12 bits per heavy atom. The molecule has 0 aliphatic carbocycles. The van der Waals surface area contributed by atoms with E-state index in [1.54, 1.807) is 49.3 Å². The van der Waals surface area contributed by atoms with Gasteiger partial charge in [0.2, 0.25) is 0 Å². The minimum absolute atomic E-state index is 0.285. The molecule has 0 aliphatic rings. The van der Waals surface area contributed by atoms with E-state index in [4.69, 9.17) is 9.57 Å². The fraction of sp³-hybridized carbons (Fsp3) is 0.375. The number of carbonyl (C=O) groups excluding carboxylic acids is 1. The number of hydroxylamine groups is 2. The van der Waals surface area contributed by atoms with E-state index in [1.807, 2.05) is 0 Å². The molecule has 2 aromatic rings.